The van der Waals surface area contributed by atoms with E-state index in [0.29, 0.717) is 43.6 Å². The summed E-state index contributed by atoms with van der Waals surface area (Å²) in [5.41, 5.74) is 0.690. The molecule has 3 rings (SSSR count). The summed E-state index contributed by atoms with van der Waals surface area (Å²) in [5, 5.41) is 2.98. The number of carbonyl (C=O) groups excluding carboxylic acids is 2. The standard InChI is InChI=1S/C21H31N3O3/c1-16(2)15-27-19-10-4-3-9-18(19)22-21(26)24-12-6-11-23(13-14-24)20(25)17-7-5-8-17/h3-4,9-10,16-17H,5-8,11-15H2,1-2H3,(H,22,26). The summed E-state index contributed by atoms with van der Waals surface area (Å²) < 4.78 is 5.82. The molecule has 0 spiro atoms. The third-order valence-electron chi connectivity index (χ3n) is 5.25. The second-order valence-corrected chi connectivity index (χ2v) is 7.92. The van der Waals surface area contributed by atoms with Gasteiger partial charge in [-0.05, 0) is 37.3 Å². The molecule has 6 heteroatoms. The van der Waals surface area contributed by atoms with Crippen LogP contribution in [-0.2, 0) is 4.79 Å². The molecule has 27 heavy (non-hydrogen) atoms. The Balaban J connectivity index is 1.56. The lowest BCUT2D eigenvalue weighted by Crippen LogP contribution is -2.42. The van der Waals surface area contributed by atoms with Gasteiger partial charge in [0.2, 0.25) is 5.91 Å². The molecule has 1 heterocycles. The van der Waals surface area contributed by atoms with Crippen LogP contribution in [0.25, 0.3) is 0 Å². The van der Waals surface area contributed by atoms with Crippen LogP contribution in [0.15, 0.2) is 24.3 Å². The highest BCUT2D eigenvalue weighted by molar-refractivity contribution is 5.91. The number of amides is 3. The highest BCUT2D eigenvalue weighted by Gasteiger charge is 2.31. The minimum absolute atomic E-state index is 0.131. The van der Waals surface area contributed by atoms with Crippen LogP contribution in [0, 0.1) is 11.8 Å². The van der Waals surface area contributed by atoms with Crippen LogP contribution in [-0.4, -0.2) is 54.5 Å². The number of hydrogen-bond acceptors (Lipinski definition) is 3. The largest absolute Gasteiger partial charge is 0.491 e. The Morgan fingerprint density at radius 1 is 1.07 bits per heavy atom. The van der Waals surface area contributed by atoms with E-state index in [1.807, 2.05) is 29.2 Å². The van der Waals surface area contributed by atoms with Crippen molar-refractivity contribution in [2.45, 2.75) is 39.5 Å². The van der Waals surface area contributed by atoms with Gasteiger partial charge in [-0.1, -0.05) is 32.4 Å². The maximum Gasteiger partial charge on any atom is 0.322 e. The molecule has 3 amide bonds. The lowest BCUT2D eigenvalue weighted by atomic mass is 9.84. The summed E-state index contributed by atoms with van der Waals surface area (Å²) in [4.78, 5) is 28.9. The van der Waals surface area contributed by atoms with Crippen molar-refractivity contribution in [1.29, 1.82) is 0 Å². The molecule has 148 valence electrons. The molecule has 1 N–H and O–H groups in total. The fourth-order valence-corrected chi connectivity index (χ4v) is 3.40. The van der Waals surface area contributed by atoms with Crippen LogP contribution in [0.4, 0.5) is 10.5 Å². The minimum Gasteiger partial charge on any atom is -0.491 e. The number of anilines is 1. The number of nitrogens with zero attached hydrogens (tertiary/aromatic N) is 2. The molecule has 1 aliphatic carbocycles. The second-order valence-electron chi connectivity index (χ2n) is 7.92. The van der Waals surface area contributed by atoms with E-state index in [4.69, 9.17) is 4.74 Å². The molecule has 6 nitrogen and oxygen atoms in total. The van der Waals surface area contributed by atoms with E-state index < -0.39 is 0 Å². The lowest BCUT2D eigenvalue weighted by molar-refractivity contribution is -0.138. The summed E-state index contributed by atoms with van der Waals surface area (Å²) >= 11 is 0. The van der Waals surface area contributed by atoms with Crippen LogP contribution >= 0.6 is 0 Å². The zero-order chi connectivity index (χ0) is 19.2. The molecule has 1 saturated heterocycles. The van der Waals surface area contributed by atoms with Crippen LogP contribution in [0.2, 0.25) is 0 Å². The summed E-state index contributed by atoms with van der Waals surface area (Å²) in [7, 11) is 0. The average molecular weight is 373 g/mol. The molecular weight excluding hydrogens is 342 g/mol. The van der Waals surface area contributed by atoms with Gasteiger partial charge < -0.3 is 19.9 Å². The number of ether oxygens (including phenoxy) is 1. The number of para-hydroxylation sites is 2. The van der Waals surface area contributed by atoms with E-state index in [9.17, 15) is 9.59 Å². The van der Waals surface area contributed by atoms with Gasteiger partial charge in [0.25, 0.3) is 0 Å². The SMILES string of the molecule is CC(C)COc1ccccc1NC(=O)N1CCCN(C(=O)C2CCC2)CC1. The van der Waals surface area contributed by atoms with E-state index in [1.54, 1.807) is 4.90 Å². The zero-order valence-corrected chi connectivity index (χ0v) is 16.4. The topological polar surface area (TPSA) is 61.9 Å². The van der Waals surface area contributed by atoms with Gasteiger partial charge in [-0.25, -0.2) is 4.79 Å². The predicted octanol–water partition coefficient (Wildman–Crippen LogP) is 3.59. The quantitative estimate of drug-likeness (QED) is 0.858. The molecule has 0 aromatic heterocycles. The van der Waals surface area contributed by atoms with Gasteiger partial charge in [0, 0.05) is 32.1 Å². The summed E-state index contributed by atoms with van der Waals surface area (Å²) in [6.07, 6.45) is 4.02. The first-order valence-electron chi connectivity index (χ1n) is 10.1. The molecule has 1 aromatic rings. The van der Waals surface area contributed by atoms with Crippen molar-refractivity contribution >= 4 is 17.6 Å². The molecule has 2 fully saturated rings. The molecule has 0 radical (unpaired) electrons. The van der Waals surface area contributed by atoms with E-state index in [2.05, 4.69) is 19.2 Å². The Hall–Kier alpha value is -2.24. The highest BCUT2D eigenvalue weighted by Crippen LogP contribution is 2.29. The summed E-state index contributed by atoms with van der Waals surface area (Å²) in [6.45, 7) is 7.38. The monoisotopic (exact) mass is 373 g/mol. The maximum atomic E-state index is 12.7. The van der Waals surface area contributed by atoms with Gasteiger partial charge in [0.15, 0.2) is 0 Å². The summed E-state index contributed by atoms with van der Waals surface area (Å²) in [5.74, 6) is 1.60. The molecule has 1 aromatic carbocycles. The zero-order valence-electron chi connectivity index (χ0n) is 16.4. The Kier molecular flexibility index (Phi) is 6.58. The number of hydrogen-bond donors (Lipinski definition) is 1. The summed E-state index contributed by atoms with van der Waals surface area (Å²) in [6, 6.07) is 7.39. The lowest BCUT2D eigenvalue weighted by Gasteiger charge is -2.31. The third kappa shape index (κ3) is 5.15. The first-order chi connectivity index (χ1) is 13.0. The van der Waals surface area contributed by atoms with Crippen molar-refractivity contribution in [1.82, 2.24) is 9.80 Å². The Morgan fingerprint density at radius 3 is 2.48 bits per heavy atom. The average Bonchev–Trinajstić information content (AvgIpc) is 2.85. The van der Waals surface area contributed by atoms with E-state index in [-0.39, 0.29) is 17.9 Å². The van der Waals surface area contributed by atoms with Crippen molar-refractivity contribution < 1.29 is 14.3 Å². The maximum absolute atomic E-state index is 12.7. The number of urea groups is 1. The Morgan fingerprint density at radius 2 is 1.78 bits per heavy atom. The van der Waals surface area contributed by atoms with Crippen molar-refractivity contribution in [3.05, 3.63) is 24.3 Å². The predicted molar refractivity (Wildman–Crippen MR) is 106 cm³/mol. The van der Waals surface area contributed by atoms with Gasteiger partial charge in [-0.2, -0.15) is 0 Å². The van der Waals surface area contributed by atoms with Gasteiger partial charge >= 0.3 is 6.03 Å². The van der Waals surface area contributed by atoms with E-state index in [0.717, 1.165) is 32.2 Å². The van der Waals surface area contributed by atoms with Gasteiger partial charge in [-0.15, -0.1) is 0 Å². The number of rotatable bonds is 5. The van der Waals surface area contributed by atoms with Crippen molar-refractivity contribution in [2.24, 2.45) is 11.8 Å². The number of carbonyl (C=O) groups is 2. The first kappa shape index (κ1) is 19.5. The van der Waals surface area contributed by atoms with Crippen molar-refractivity contribution in [3.63, 3.8) is 0 Å². The molecule has 0 unspecified atom stereocenters. The van der Waals surface area contributed by atoms with Crippen LogP contribution in [0.3, 0.4) is 0 Å². The fraction of sp³-hybridized carbons (Fsp3) is 0.619. The number of nitrogens with one attached hydrogen (secondary N) is 1. The van der Waals surface area contributed by atoms with Crippen molar-refractivity contribution in [2.75, 3.05) is 38.1 Å². The van der Waals surface area contributed by atoms with Crippen LogP contribution in [0.5, 0.6) is 5.75 Å². The van der Waals surface area contributed by atoms with Gasteiger partial charge in [0.1, 0.15) is 5.75 Å². The Labute approximate surface area is 161 Å². The first-order valence-corrected chi connectivity index (χ1v) is 10.1. The van der Waals surface area contributed by atoms with E-state index in [1.165, 1.54) is 0 Å². The van der Waals surface area contributed by atoms with E-state index >= 15 is 0 Å². The second kappa shape index (κ2) is 9.11. The number of benzene rings is 1. The molecule has 1 saturated carbocycles. The third-order valence-corrected chi connectivity index (χ3v) is 5.25. The molecule has 2 aliphatic rings. The van der Waals surface area contributed by atoms with Gasteiger partial charge in [0.05, 0.1) is 12.3 Å². The molecule has 0 atom stereocenters. The minimum atomic E-state index is -0.131. The van der Waals surface area contributed by atoms with Gasteiger partial charge in [-0.3, -0.25) is 4.79 Å². The van der Waals surface area contributed by atoms with Crippen LogP contribution in [0.1, 0.15) is 39.5 Å². The highest BCUT2D eigenvalue weighted by atomic mass is 16.5. The molecular formula is C21H31N3O3. The normalized spacial score (nSPS) is 18.0. The van der Waals surface area contributed by atoms with Crippen LogP contribution < -0.4 is 10.1 Å². The fourth-order valence-electron chi connectivity index (χ4n) is 3.40. The Bertz CT molecular complexity index is 658. The molecule has 1 aliphatic heterocycles. The molecule has 0 bridgehead atoms. The smallest absolute Gasteiger partial charge is 0.322 e. The van der Waals surface area contributed by atoms with Crippen molar-refractivity contribution in [3.8, 4) is 5.75 Å².